The van der Waals surface area contributed by atoms with Crippen molar-refractivity contribution in [3.63, 3.8) is 0 Å². The van der Waals surface area contributed by atoms with Crippen LogP contribution in [0, 0.1) is 5.82 Å². The first-order valence-corrected chi connectivity index (χ1v) is 7.86. The zero-order chi connectivity index (χ0) is 18.2. The molecule has 0 aromatic heterocycles. The van der Waals surface area contributed by atoms with E-state index in [0.717, 1.165) is 11.0 Å². The number of alkyl halides is 3. The molecule has 6 nitrogen and oxygen atoms in total. The lowest BCUT2D eigenvalue weighted by Crippen LogP contribution is -2.40. The molecule has 1 unspecified atom stereocenters. The fraction of sp³-hybridized carbons (Fsp3) is 0.357. The van der Waals surface area contributed by atoms with Crippen LogP contribution in [0.2, 0.25) is 0 Å². The van der Waals surface area contributed by atoms with E-state index < -0.39 is 27.7 Å². The van der Waals surface area contributed by atoms with Crippen LogP contribution in [0.15, 0.2) is 29.3 Å². The highest BCUT2D eigenvalue weighted by molar-refractivity contribution is 6.68. The molecule has 0 aliphatic carbocycles. The van der Waals surface area contributed by atoms with Crippen molar-refractivity contribution in [1.82, 2.24) is 9.80 Å². The van der Waals surface area contributed by atoms with Crippen molar-refractivity contribution in [2.24, 2.45) is 4.99 Å². The Morgan fingerprint density at radius 2 is 1.79 bits per heavy atom. The first-order chi connectivity index (χ1) is 11.1. The molecule has 1 aliphatic rings. The number of likely N-dealkylation sites (N-methyl/N-ethyl adjacent to an activating group) is 1. The minimum absolute atomic E-state index is 0.167. The van der Waals surface area contributed by atoms with E-state index in [1.165, 1.54) is 30.1 Å². The number of hydrogen-bond donors (Lipinski definition) is 0. The number of halogens is 4. The Hall–Kier alpha value is -1.41. The van der Waals surface area contributed by atoms with Gasteiger partial charge in [0.1, 0.15) is 5.82 Å². The van der Waals surface area contributed by atoms with Crippen LogP contribution >= 0.6 is 34.8 Å². The van der Waals surface area contributed by atoms with Crippen LogP contribution in [0.4, 0.5) is 14.9 Å². The van der Waals surface area contributed by atoms with Gasteiger partial charge in [-0.1, -0.05) is 46.9 Å². The molecule has 0 N–H and O–H groups in total. The number of amides is 3. The van der Waals surface area contributed by atoms with Crippen molar-refractivity contribution in [2.75, 3.05) is 26.0 Å². The topological polar surface area (TPSA) is 56.2 Å². The summed E-state index contributed by atoms with van der Waals surface area (Å²) in [4.78, 5) is 32.2. The number of carbonyl (C=O) groups excluding carboxylic acids is 2. The Balaban J connectivity index is 2.48. The molecular weight excluding hydrogens is 382 g/mol. The van der Waals surface area contributed by atoms with Crippen molar-refractivity contribution >= 4 is 58.3 Å². The summed E-state index contributed by atoms with van der Waals surface area (Å²) in [5.41, 5.74) is -0.167. The van der Waals surface area contributed by atoms with Gasteiger partial charge < -0.3 is 0 Å². The summed E-state index contributed by atoms with van der Waals surface area (Å²) in [6.45, 7) is 0. The summed E-state index contributed by atoms with van der Waals surface area (Å²) in [5, 5.41) is 0. The average Bonchev–Trinajstić information content (AvgIpc) is 2.67. The Morgan fingerprint density at radius 3 is 2.29 bits per heavy atom. The van der Waals surface area contributed by atoms with Gasteiger partial charge in [-0.25, -0.2) is 19.1 Å². The van der Waals surface area contributed by atoms with Gasteiger partial charge in [0.15, 0.2) is 6.17 Å². The molecule has 0 bridgehead atoms. The molecule has 10 heteroatoms. The molecule has 1 heterocycles. The van der Waals surface area contributed by atoms with Gasteiger partial charge in [0.25, 0.3) is 0 Å². The minimum atomic E-state index is -1.83. The number of nitrogens with zero attached hydrogens (tertiary/aromatic N) is 4. The maximum atomic E-state index is 13.9. The zero-order valence-corrected chi connectivity index (χ0v) is 15.3. The quantitative estimate of drug-likeness (QED) is 0.584. The second kappa shape index (κ2) is 6.84. The predicted octanol–water partition coefficient (Wildman–Crippen LogP) is 2.88. The Bertz CT molecular complexity index is 706. The summed E-state index contributed by atoms with van der Waals surface area (Å²) in [5.74, 6) is -1.75. The van der Waals surface area contributed by atoms with Crippen LogP contribution in [0.3, 0.4) is 0 Å². The fourth-order valence-electron chi connectivity index (χ4n) is 2.16. The molecule has 1 aliphatic heterocycles. The molecular formula is C14H14Cl3FN4O2. The van der Waals surface area contributed by atoms with E-state index in [9.17, 15) is 14.0 Å². The summed E-state index contributed by atoms with van der Waals surface area (Å²) >= 11 is 17.6. The highest BCUT2D eigenvalue weighted by Crippen LogP contribution is 2.34. The number of urea groups is 1. The highest BCUT2D eigenvalue weighted by atomic mass is 35.6. The van der Waals surface area contributed by atoms with Gasteiger partial charge in [-0.3, -0.25) is 14.6 Å². The van der Waals surface area contributed by atoms with E-state index in [2.05, 4.69) is 4.99 Å². The van der Waals surface area contributed by atoms with Crippen molar-refractivity contribution < 1.29 is 14.0 Å². The van der Waals surface area contributed by atoms with E-state index in [4.69, 9.17) is 34.8 Å². The first-order valence-electron chi connectivity index (χ1n) is 6.73. The van der Waals surface area contributed by atoms with Gasteiger partial charge in [0.2, 0.25) is 9.63 Å². The third kappa shape index (κ3) is 3.49. The van der Waals surface area contributed by atoms with Gasteiger partial charge in [0, 0.05) is 7.05 Å². The van der Waals surface area contributed by atoms with Gasteiger partial charge in [-0.05, 0) is 26.2 Å². The molecule has 24 heavy (non-hydrogen) atoms. The second-order valence-corrected chi connectivity index (χ2v) is 7.63. The van der Waals surface area contributed by atoms with Gasteiger partial charge in [-0.2, -0.15) is 0 Å². The lowest BCUT2D eigenvalue weighted by molar-refractivity contribution is -0.111. The fourth-order valence-corrected chi connectivity index (χ4v) is 2.89. The van der Waals surface area contributed by atoms with Crippen molar-refractivity contribution in [1.29, 1.82) is 0 Å². The smallest absolute Gasteiger partial charge is 0.284 e. The molecule has 2 rings (SSSR count). The number of anilines is 1. The largest absolute Gasteiger partial charge is 0.337 e. The number of imide groups is 1. The molecule has 1 fully saturated rings. The van der Waals surface area contributed by atoms with Crippen LogP contribution in [0.25, 0.3) is 0 Å². The average molecular weight is 396 g/mol. The molecule has 1 saturated heterocycles. The third-order valence-corrected chi connectivity index (χ3v) is 3.90. The van der Waals surface area contributed by atoms with Crippen LogP contribution in [-0.4, -0.2) is 58.7 Å². The van der Waals surface area contributed by atoms with Crippen LogP contribution in [0.1, 0.15) is 0 Å². The van der Waals surface area contributed by atoms with E-state index in [1.54, 1.807) is 14.1 Å². The molecule has 1 aromatic carbocycles. The van der Waals surface area contributed by atoms with E-state index >= 15 is 0 Å². The number of para-hydroxylation sites is 1. The van der Waals surface area contributed by atoms with E-state index in [0.29, 0.717) is 4.90 Å². The van der Waals surface area contributed by atoms with Crippen molar-refractivity contribution in [2.45, 2.75) is 9.96 Å². The van der Waals surface area contributed by atoms with Crippen LogP contribution < -0.4 is 4.90 Å². The van der Waals surface area contributed by atoms with Crippen LogP contribution in [-0.2, 0) is 4.79 Å². The normalized spacial score (nSPS) is 18.9. The van der Waals surface area contributed by atoms with E-state index in [-0.39, 0.29) is 11.5 Å². The monoisotopic (exact) mass is 394 g/mol. The molecule has 1 aromatic rings. The highest BCUT2D eigenvalue weighted by Gasteiger charge is 2.44. The number of hydrogen-bond acceptors (Lipinski definition) is 4. The Kier molecular flexibility index (Phi) is 5.39. The molecule has 1 atom stereocenters. The minimum Gasteiger partial charge on any atom is -0.284 e. The van der Waals surface area contributed by atoms with Crippen molar-refractivity contribution in [3.8, 4) is 0 Å². The third-order valence-electron chi connectivity index (χ3n) is 3.31. The maximum Gasteiger partial charge on any atom is 0.337 e. The number of amidine groups is 1. The predicted molar refractivity (Wildman–Crippen MR) is 92.2 cm³/mol. The molecule has 130 valence electrons. The Labute approximate surface area is 153 Å². The van der Waals surface area contributed by atoms with Crippen LogP contribution in [0.5, 0.6) is 0 Å². The van der Waals surface area contributed by atoms with Crippen molar-refractivity contribution in [3.05, 3.63) is 30.1 Å². The lowest BCUT2D eigenvalue weighted by atomic mass is 10.3. The standard InChI is InChI=1S/C14H14Cl3FN4O2/c1-20(2)12(14(15,16)17)19-10-11(23)22(13(24)21(10)3)9-7-5-4-6-8(9)18/h4-7,12H,1-3H3. The summed E-state index contributed by atoms with van der Waals surface area (Å²) in [6, 6.07) is 4.69. The van der Waals surface area contributed by atoms with Gasteiger partial charge in [0.05, 0.1) is 5.69 Å². The number of carbonyl (C=O) groups is 2. The summed E-state index contributed by atoms with van der Waals surface area (Å²) in [7, 11) is 4.55. The lowest BCUT2D eigenvalue weighted by Gasteiger charge is -2.27. The van der Waals surface area contributed by atoms with Gasteiger partial charge in [-0.15, -0.1) is 0 Å². The first kappa shape index (κ1) is 18.9. The van der Waals surface area contributed by atoms with Gasteiger partial charge >= 0.3 is 11.9 Å². The molecule has 0 spiro atoms. The number of benzene rings is 1. The molecule has 0 saturated carbocycles. The Morgan fingerprint density at radius 1 is 1.21 bits per heavy atom. The summed E-state index contributed by atoms with van der Waals surface area (Å²) in [6.07, 6.45) is -1.02. The second-order valence-electron chi connectivity index (χ2n) is 5.27. The zero-order valence-electron chi connectivity index (χ0n) is 13.0. The SMILES string of the molecule is CN1C(=O)N(c2ccccc2F)C(=O)C1=NC(N(C)C)C(Cl)(Cl)Cl. The number of rotatable bonds is 3. The summed E-state index contributed by atoms with van der Waals surface area (Å²) < 4.78 is 12.1. The molecule has 3 amide bonds. The molecule has 0 radical (unpaired) electrons. The number of aliphatic imine (C=N–C) groups is 1. The maximum absolute atomic E-state index is 13.9. The van der Waals surface area contributed by atoms with E-state index in [1.807, 2.05) is 0 Å².